The number of nitrogens with one attached hydrogen (secondary N) is 1. The van der Waals surface area contributed by atoms with Gasteiger partial charge in [-0.25, -0.2) is 4.39 Å². The van der Waals surface area contributed by atoms with Gasteiger partial charge in [0.1, 0.15) is 29.8 Å². The van der Waals surface area contributed by atoms with Gasteiger partial charge in [0.15, 0.2) is 0 Å². The second-order valence-electron chi connectivity index (χ2n) is 7.61. The number of amides is 1. The van der Waals surface area contributed by atoms with E-state index in [-0.39, 0.29) is 17.5 Å². The standard InChI is InChI=1S/C25H24FN3O3/c26-20-7-9-21(10-8-20)32-13-11-29-17-19(23-5-1-2-6-24(23)29)14-18(15-27)25(30)28-16-22-4-3-12-31-22/h1-2,5-10,14,17,22H,3-4,11-13,16H2,(H,28,30). The molecular weight excluding hydrogens is 409 g/mol. The highest BCUT2D eigenvalue weighted by Gasteiger charge is 2.18. The van der Waals surface area contributed by atoms with Gasteiger partial charge in [0, 0.05) is 35.8 Å². The molecule has 0 saturated carbocycles. The maximum absolute atomic E-state index is 13.0. The van der Waals surface area contributed by atoms with Crippen LogP contribution in [-0.4, -0.2) is 36.3 Å². The lowest BCUT2D eigenvalue weighted by Crippen LogP contribution is -2.32. The largest absolute Gasteiger partial charge is 0.492 e. The van der Waals surface area contributed by atoms with Crippen LogP contribution in [0.5, 0.6) is 5.75 Å². The number of carbonyl (C=O) groups excluding carboxylic acids is 1. The van der Waals surface area contributed by atoms with Gasteiger partial charge in [-0.1, -0.05) is 18.2 Å². The van der Waals surface area contributed by atoms with Crippen LogP contribution in [0.15, 0.2) is 60.3 Å². The molecule has 0 spiro atoms. The lowest BCUT2D eigenvalue weighted by atomic mass is 10.1. The smallest absolute Gasteiger partial charge is 0.262 e. The number of rotatable bonds is 8. The van der Waals surface area contributed by atoms with Crippen LogP contribution in [0.3, 0.4) is 0 Å². The topological polar surface area (TPSA) is 76.3 Å². The molecule has 1 aliphatic heterocycles. The van der Waals surface area contributed by atoms with Crippen molar-refractivity contribution in [1.29, 1.82) is 5.26 Å². The Balaban J connectivity index is 1.48. The molecule has 1 N–H and O–H groups in total. The molecule has 0 aliphatic carbocycles. The molecular formula is C25H24FN3O3. The SMILES string of the molecule is N#CC(=Cc1cn(CCOc2ccc(F)cc2)c2ccccc12)C(=O)NCC1CCCO1. The van der Waals surface area contributed by atoms with E-state index in [2.05, 4.69) is 5.32 Å². The predicted octanol–water partition coefficient (Wildman–Crippen LogP) is 4.06. The van der Waals surface area contributed by atoms with Crippen LogP contribution in [0.25, 0.3) is 17.0 Å². The zero-order chi connectivity index (χ0) is 22.3. The van der Waals surface area contributed by atoms with Crippen molar-refractivity contribution >= 4 is 22.9 Å². The lowest BCUT2D eigenvalue weighted by Gasteiger charge is -2.10. The molecule has 1 atom stereocenters. The molecule has 1 aromatic heterocycles. The molecule has 3 aromatic rings. The van der Waals surface area contributed by atoms with E-state index in [0.29, 0.717) is 32.1 Å². The highest BCUT2D eigenvalue weighted by molar-refractivity contribution is 6.04. The average molecular weight is 433 g/mol. The minimum atomic E-state index is -0.403. The molecule has 32 heavy (non-hydrogen) atoms. The van der Waals surface area contributed by atoms with Gasteiger partial charge in [0.25, 0.3) is 5.91 Å². The molecule has 1 aliphatic rings. The predicted molar refractivity (Wildman–Crippen MR) is 119 cm³/mol. The minimum Gasteiger partial charge on any atom is -0.492 e. The first-order valence-electron chi connectivity index (χ1n) is 10.6. The monoisotopic (exact) mass is 433 g/mol. The van der Waals surface area contributed by atoms with E-state index in [4.69, 9.17) is 9.47 Å². The number of hydrogen-bond donors (Lipinski definition) is 1. The van der Waals surface area contributed by atoms with E-state index < -0.39 is 5.91 Å². The van der Waals surface area contributed by atoms with Gasteiger partial charge in [-0.2, -0.15) is 5.26 Å². The summed E-state index contributed by atoms with van der Waals surface area (Å²) >= 11 is 0. The molecule has 0 bridgehead atoms. The molecule has 164 valence electrons. The Bertz CT molecular complexity index is 1160. The van der Waals surface area contributed by atoms with Gasteiger partial charge in [0.2, 0.25) is 0 Å². The van der Waals surface area contributed by atoms with Gasteiger partial charge >= 0.3 is 0 Å². The molecule has 6 nitrogen and oxygen atoms in total. The fourth-order valence-electron chi connectivity index (χ4n) is 3.78. The third-order valence-corrected chi connectivity index (χ3v) is 5.41. The average Bonchev–Trinajstić information content (AvgIpc) is 3.45. The summed E-state index contributed by atoms with van der Waals surface area (Å²) in [6.07, 6.45) is 5.45. The quantitative estimate of drug-likeness (QED) is 0.429. The van der Waals surface area contributed by atoms with Gasteiger partial charge in [-0.15, -0.1) is 0 Å². The first kappa shape index (κ1) is 21.6. The first-order chi connectivity index (χ1) is 15.6. The molecule has 4 rings (SSSR count). The molecule has 1 amide bonds. The van der Waals surface area contributed by atoms with Crippen molar-refractivity contribution in [2.45, 2.75) is 25.5 Å². The van der Waals surface area contributed by atoms with Gasteiger partial charge < -0.3 is 19.4 Å². The van der Waals surface area contributed by atoms with Crippen molar-refractivity contribution in [2.75, 3.05) is 19.8 Å². The molecule has 0 radical (unpaired) electrons. The number of aromatic nitrogens is 1. The summed E-state index contributed by atoms with van der Waals surface area (Å²) in [7, 11) is 0. The number of benzene rings is 2. The summed E-state index contributed by atoms with van der Waals surface area (Å²) in [4.78, 5) is 12.5. The fourth-order valence-corrected chi connectivity index (χ4v) is 3.78. The Hall–Kier alpha value is -3.63. The number of para-hydroxylation sites is 1. The Labute approximate surface area is 185 Å². The number of nitriles is 1. The van der Waals surface area contributed by atoms with Crippen LogP contribution in [0.1, 0.15) is 18.4 Å². The van der Waals surface area contributed by atoms with E-state index in [1.165, 1.54) is 12.1 Å². The third-order valence-electron chi connectivity index (χ3n) is 5.41. The summed E-state index contributed by atoms with van der Waals surface area (Å²) in [5, 5.41) is 13.3. The summed E-state index contributed by atoms with van der Waals surface area (Å²) in [6.45, 7) is 2.06. The van der Waals surface area contributed by atoms with Crippen LogP contribution in [0.2, 0.25) is 0 Å². The molecule has 7 heteroatoms. The maximum Gasteiger partial charge on any atom is 0.262 e. The number of nitrogens with zero attached hydrogens (tertiary/aromatic N) is 2. The third kappa shape index (κ3) is 5.16. The molecule has 1 fully saturated rings. The lowest BCUT2D eigenvalue weighted by molar-refractivity contribution is -0.117. The highest BCUT2D eigenvalue weighted by atomic mass is 19.1. The van der Waals surface area contributed by atoms with E-state index >= 15 is 0 Å². The molecule has 1 saturated heterocycles. The van der Waals surface area contributed by atoms with E-state index in [9.17, 15) is 14.4 Å². The van der Waals surface area contributed by atoms with Crippen molar-refractivity contribution < 1.29 is 18.7 Å². The Morgan fingerprint density at radius 1 is 1.28 bits per heavy atom. The highest BCUT2D eigenvalue weighted by Crippen LogP contribution is 2.24. The molecule has 1 unspecified atom stereocenters. The number of halogens is 1. The normalized spacial score (nSPS) is 16.1. The summed E-state index contributed by atoms with van der Waals surface area (Å²) in [5.74, 6) is -0.115. The van der Waals surface area contributed by atoms with E-state index in [0.717, 1.165) is 29.3 Å². The van der Waals surface area contributed by atoms with Crippen molar-refractivity contribution in [1.82, 2.24) is 9.88 Å². The Morgan fingerprint density at radius 2 is 2.09 bits per heavy atom. The number of carbonyl (C=O) groups is 1. The van der Waals surface area contributed by atoms with Crippen molar-refractivity contribution in [2.24, 2.45) is 0 Å². The van der Waals surface area contributed by atoms with Crippen LogP contribution < -0.4 is 10.1 Å². The van der Waals surface area contributed by atoms with E-state index in [1.807, 2.05) is 41.1 Å². The van der Waals surface area contributed by atoms with Gasteiger partial charge in [-0.05, 0) is 49.2 Å². The zero-order valence-corrected chi connectivity index (χ0v) is 17.6. The summed E-state index contributed by atoms with van der Waals surface area (Å²) in [6, 6.07) is 15.7. The fraction of sp³-hybridized carbons (Fsp3) is 0.280. The number of fused-ring (bicyclic) bond motifs is 1. The van der Waals surface area contributed by atoms with Crippen molar-refractivity contribution in [3.8, 4) is 11.8 Å². The van der Waals surface area contributed by atoms with Crippen molar-refractivity contribution in [3.05, 3.63) is 71.7 Å². The van der Waals surface area contributed by atoms with Crippen LogP contribution in [-0.2, 0) is 16.1 Å². The van der Waals surface area contributed by atoms with E-state index in [1.54, 1.807) is 18.2 Å². The van der Waals surface area contributed by atoms with Crippen molar-refractivity contribution in [3.63, 3.8) is 0 Å². The minimum absolute atomic E-state index is 0.0157. The van der Waals surface area contributed by atoms with Crippen LogP contribution in [0.4, 0.5) is 4.39 Å². The second kappa shape index (κ2) is 10.1. The zero-order valence-electron chi connectivity index (χ0n) is 17.6. The Morgan fingerprint density at radius 3 is 2.84 bits per heavy atom. The number of ether oxygens (including phenoxy) is 2. The summed E-state index contributed by atoms with van der Waals surface area (Å²) < 4.78 is 26.3. The molecule has 2 aromatic carbocycles. The summed E-state index contributed by atoms with van der Waals surface area (Å²) in [5.41, 5.74) is 1.80. The van der Waals surface area contributed by atoms with Gasteiger partial charge in [-0.3, -0.25) is 4.79 Å². The number of hydrogen-bond acceptors (Lipinski definition) is 4. The van der Waals surface area contributed by atoms with Crippen LogP contribution >= 0.6 is 0 Å². The van der Waals surface area contributed by atoms with Gasteiger partial charge in [0.05, 0.1) is 12.6 Å². The second-order valence-corrected chi connectivity index (χ2v) is 7.61. The first-order valence-corrected chi connectivity index (χ1v) is 10.6. The maximum atomic E-state index is 13.0. The molecule has 2 heterocycles. The van der Waals surface area contributed by atoms with Crippen LogP contribution in [0, 0.1) is 17.1 Å². The Kier molecular flexibility index (Phi) is 6.83.